The lowest BCUT2D eigenvalue weighted by molar-refractivity contribution is -0.386. The first kappa shape index (κ1) is 15.0. The van der Waals surface area contributed by atoms with E-state index < -0.39 is 27.5 Å². The summed E-state index contributed by atoms with van der Waals surface area (Å²) in [6.07, 6.45) is -3.60. The second-order valence-electron chi connectivity index (χ2n) is 4.51. The van der Waals surface area contributed by atoms with Crippen LogP contribution < -0.4 is 5.32 Å². The van der Waals surface area contributed by atoms with E-state index in [-0.39, 0.29) is 11.6 Å². The van der Waals surface area contributed by atoms with E-state index in [2.05, 4.69) is 10.3 Å². The van der Waals surface area contributed by atoms with Crippen molar-refractivity contribution in [1.82, 2.24) is 10.3 Å². The quantitative estimate of drug-likeness (QED) is 0.518. The number of halogens is 4. The third-order valence-corrected chi connectivity index (χ3v) is 3.50. The first-order chi connectivity index (χ1) is 9.30. The van der Waals surface area contributed by atoms with Crippen LogP contribution in [0, 0.1) is 10.1 Å². The molecule has 0 radical (unpaired) electrons. The minimum atomic E-state index is -4.76. The van der Waals surface area contributed by atoms with Gasteiger partial charge in [0, 0.05) is 12.0 Å². The van der Waals surface area contributed by atoms with E-state index >= 15 is 0 Å². The van der Waals surface area contributed by atoms with E-state index in [4.69, 9.17) is 11.6 Å². The van der Waals surface area contributed by atoms with Crippen molar-refractivity contribution in [3.63, 3.8) is 0 Å². The van der Waals surface area contributed by atoms with Crippen LogP contribution in [0.15, 0.2) is 6.07 Å². The van der Waals surface area contributed by atoms with Crippen molar-refractivity contribution in [2.45, 2.75) is 24.9 Å². The summed E-state index contributed by atoms with van der Waals surface area (Å²) in [5.74, 6) is -0.253. The maximum absolute atomic E-state index is 12.7. The van der Waals surface area contributed by atoms with Crippen molar-refractivity contribution in [3.8, 4) is 0 Å². The maximum Gasteiger partial charge on any atom is 0.419 e. The molecule has 1 saturated heterocycles. The molecule has 0 atom stereocenters. The Labute approximate surface area is 117 Å². The van der Waals surface area contributed by atoms with Gasteiger partial charge in [-0.25, -0.2) is 4.98 Å². The monoisotopic (exact) mass is 309 g/mol. The number of aromatic nitrogens is 1. The number of alkyl halides is 3. The van der Waals surface area contributed by atoms with Gasteiger partial charge in [-0.1, -0.05) is 11.6 Å². The molecule has 2 rings (SSSR count). The summed E-state index contributed by atoms with van der Waals surface area (Å²) in [7, 11) is 0. The van der Waals surface area contributed by atoms with Gasteiger partial charge in [-0.3, -0.25) is 10.1 Å². The first-order valence-corrected chi connectivity index (χ1v) is 6.31. The Morgan fingerprint density at radius 2 is 2.00 bits per heavy atom. The number of hydrogen-bond donors (Lipinski definition) is 1. The van der Waals surface area contributed by atoms with Crippen LogP contribution >= 0.6 is 11.6 Å². The molecule has 1 aromatic heterocycles. The van der Waals surface area contributed by atoms with E-state index in [1.165, 1.54) is 0 Å². The molecule has 5 nitrogen and oxygen atoms in total. The molecular weight excluding hydrogens is 299 g/mol. The van der Waals surface area contributed by atoms with Crippen molar-refractivity contribution in [2.24, 2.45) is 0 Å². The Morgan fingerprint density at radius 3 is 2.50 bits per heavy atom. The molecule has 1 aliphatic rings. The van der Waals surface area contributed by atoms with Gasteiger partial charge < -0.3 is 5.32 Å². The predicted octanol–water partition coefficient (Wildman–Crippen LogP) is 3.13. The Bertz CT molecular complexity index is 530. The number of nitrogens with one attached hydrogen (secondary N) is 1. The molecule has 0 aliphatic carbocycles. The molecule has 110 valence electrons. The fourth-order valence-corrected chi connectivity index (χ4v) is 2.49. The Kier molecular flexibility index (Phi) is 4.14. The summed E-state index contributed by atoms with van der Waals surface area (Å²) in [6, 6.07) is 0.479. The van der Waals surface area contributed by atoms with Gasteiger partial charge in [-0.15, -0.1) is 0 Å². The zero-order valence-electron chi connectivity index (χ0n) is 10.2. The van der Waals surface area contributed by atoms with Crippen LogP contribution in [0.2, 0.25) is 5.15 Å². The second kappa shape index (κ2) is 5.53. The third-order valence-electron chi connectivity index (χ3n) is 3.21. The number of pyridine rings is 1. The molecule has 0 amide bonds. The molecule has 0 spiro atoms. The van der Waals surface area contributed by atoms with Gasteiger partial charge in [-0.2, -0.15) is 13.2 Å². The highest BCUT2D eigenvalue weighted by Crippen LogP contribution is 2.39. The van der Waals surface area contributed by atoms with Gasteiger partial charge in [0.1, 0.15) is 10.8 Å². The molecule has 1 aliphatic heterocycles. The molecule has 1 N–H and O–H groups in total. The minimum absolute atomic E-state index is 0.0366. The maximum atomic E-state index is 12.7. The highest BCUT2D eigenvalue weighted by Gasteiger charge is 2.38. The Hall–Kier alpha value is -1.41. The zero-order chi connectivity index (χ0) is 14.9. The van der Waals surface area contributed by atoms with Crippen LogP contribution in [-0.4, -0.2) is 23.0 Å². The molecular formula is C11H11ClF3N3O2. The van der Waals surface area contributed by atoms with Crippen LogP contribution in [0.3, 0.4) is 0 Å². The lowest BCUT2D eigenvalue weighted by atomic mass is 9.92. The first-order valence-electron chi connectivity index (χ1n) is 5.93. The average molecular weight is 310 g/mol. The summed E-state index contributed by atoms with van der Waals surface area (Å²) < 4.78 is 38.1. The lowest BCUT2D eigenvalue weighted by Crippen LogP contribution is -2.27. The van der Waals surface area contributed by atoms with Crippen molar-refractivity contribution in [1.29, 1.82) is 0 Å². The van der Waals surface area contributed by atoms with Crippen LogP contribution in [-0.2, 0) is 6.18 Å². The molecule has 1 aromatic rings. The SMILES string of the molecule is O=[N+]([O-])c1cc(C(F)(F)F)c(Cl)nc1C1CCNCC1. The molecule has 20 heavy (non-hydrogen) atoms. The number of nitro groups is 1. The number of nitrogens with zero attached hydrogens (tertiary/aromatic N) is 2. The van der Waals surface area contributed by atoms with Crippen molar-refractivity contribution in [3.05, 3.63) is 32.6 Å². The normalized spacial score (nSPS) is 17.2. The van der Waals surface area contributed by atoms with Gasteiger partial charge in [0.2, 0.25) is 0 Å². The molecule has 0 bridgehead atoms. The Balaban J connectivity index is 2.51. The average Bonchev–Trinajstić information content (AvgIpc) is 2.37. The van der Waals surface area contributed by atoms with Gasteiger partial charge in [0.05, 0.1) is 10.5 Å². The van der Waals surface area contributed by atoms with Gasteiger partial charge in [0.25, 0.3) is 5.69 Å². The number of rotatable bonds is 2. The van der Waals surface area contributed by atoms with E-state index in [1.807, 2.05) is 0 Å². The fourth-order valence-electron chi connectivity index (χ4n) is 2.23. The molecule has 0 saturated carbocycles. The smallest absolute Gasteiger partial charge is 0.317 e. The molecule has 1 fully saturated rings. The van der Waals surface area contributed by atoms with Crippen LogP contribution in [0.4, 0.5) is 18.9 Å². The van der Waals surface area contributed by atoms with Gasteiger partial charge >= 0.3 is 6.18 Å². The topological polar surface area (TPSA) is 68.1 Å². The van der Waals surface area contributed by atoms with E-state index in [1.54, 1.807) is 0 Å². The van der Waals surface area contributed by atoms with E-state index in [9.17, 15) is 23.3 Å². The largest absolute Gasteiger partial charge is 0.419 e. The Morgan fingerprint density at radius 1 is 1.40 bits per heavy atom. The van der Waals surface area contributed by atoms with Gasteiger partial charge in [0.15, 0.2) is 0 Å². The number of piperidine rings is 1. The molecule has 0 unspecified atom stereocenters. The summed E-state index contributed by atoms with van der Waals surface area (Å²) >= 11 is 5.54. The van der Waals surface area contributed by atoms with Crippen molar-refractivity contribution in [2.75, 3.05) is 13.1 Å². The van der Waals surface area contributed by atoms with Crippen molar-refractivity contribution >= 4 is 17.3 Å². The van der Waals surface area contributed by atoms with Crippen LogP contribution in [0.25, 0.3) is 0 Å². The highest BCUT2D eigenvalue weighted by atomic mass is 35.5. The molecule has 2 heterocycles. The van der Waals surface area contributed by atoms with Crippen LogP contribution in [0.1, 0.15) is 30.0 Å². The number of hydrogen-bond acceptors (Lipinski definition) is 4. The van der Waals surface area contributed by atoms with E-state index in [0.29, 0.717) is 32.0 Å². The second-order valence-corrected chi connectivity index (χ2v) is 4.87. The molecule has 0 aromatic carbocycles. The minimum Gasteiger partial charge on any atom is -0.317 e. The lowest BCUT2D eigenvalue weighted by Gasteiger charge is -2.22. The summed E-state index contributed by atoms with van der Waals surface area (Å²) in [5, 5.41) is 13.3. The third kappa shape index (κ3) is 3.01. The standard InChI is InChI=1S/C11H11ClF3N3O2/c12-10-7(11(13,14)15)5-8(18(19)20)9(17-10)6-1-3-16-4-2-6/h5-6,16H,1-4H2. The summed E-state index contributed by atoms with van der Waals surface area (Å²) in [4.78, 5) is 13.8. The van der Waals surface area contributed by atoms with Crippen LogP contribution in [0.5, 0.6) is 0 Å². The fraction of sp³-hybridized carbons (Fsp3) is 0.545. The molecule has 9 heteroatoms. The predicted molar refractivity (Wildman–Crippen MR) is 65.7 cm³/mol. The zero-order valence-corrected chi connectivity index (χ0v) is 11.0. The van der Waals surface area contributed by atoms with Gasteiger partial charge in [-0.05, 0) is 25.9 Å². The summed E-state index contributed by atoms with van der Waals surface area (Å²) in [6.45, 7) is 1.28. The highest BCUT2D eigenvalue weighted by molar-refractivity contribution is 6.30. The van der Waals surface area contributed by atoms with E-state index in [0.717, 1.165) is 0 Å². The summed E-state index contributed by atoms with van der Waals surface area (Å²) in [5.41, 5.74) is -1.85. The van der Waals surface area contributed by atoms with Crippen molar-refractivity contribution < 1.29 is 18.1 Å².